The van der Waals surface area contributed by atoms with Crippen molar-refractivity contribution in [1.29, 1.82) is 0 Å². The van der Waals surface area contributed by atoms with Crippen LogP contribution >= 0.6 is 15.9 Å². The number of benzene rings is 1. The van der Waals surface area contributed by atoms with Crippen LogP contribution in [0.3, 0.4) is 0 Å². The molecule has 0 radical (unpaired) electrons. The SMILES string of the molecule is CCCNCc1cc(Br)cc(C)c1OCC(C)CCC. The number of aryl methyl sites for hydroxylation is 1. The van der Waals surface area contributed by atoms with Crippen LogP contribution in [0.4, 0.5) is 0 Å². The van der Waals surface area contributed by atoms with Gasteiger partial charge in [0, 0.05) is 16.6 Å². The molecule has 0 heterocycles. The molecule has 114 valence electrons. The van der Waals surface area contributed by atoms with Crippen molar-refractivity contribution in [3.63, 3.8) is 0 Å². The first-order valence-corrected chi connectivity index (χ1v) is 8.50. The molecule has 1 aromatic rings. The van der Waals surface area contributed by atoms with E-state index in [0.717, 1.165) is 36.3 Å². The molecule has 0 bridgehead atoms. The zero-order valence-electron chi connectivity index (χ0n) is 13.3. The van der Waals surface area contributed by atoms with Gasteiger partial charge in [-0.25, -0.2) is 0 Å². The highest BCUT2D eigenvalue weighted by Crippen LogP contribution is 2.28. The topological polar surface area (TPSA) is 21.3 Å². The minimum absolute atomic E-state index is 0.611. The molecule has 0 aliphatic heterocycles. The van der Waals surface area contributed by atoms with E-state index in [4.69, 9.17) is 4.74 Å². The Morgan fingerprint density at radius 3 is 2.65 bits per heavy atom. The van der Waals surface area contributed by atoms with Crippen LogP contribution in [-0.4, -0.2) is 13.2 Å². The first kappa shape index (κ1) is 17.5. The van der Waals surface area contributed by atoms with E-state index in [1.54, 1.807) is 0 Å². The molecule has 1 rings (SSSR count). The van der Waals surface area contributed by atoms with Crippen LogP contribution in [-0.2, 0) is 6.54 Å². The Kier molecular flexibility index (Phi) is 8.24. The summed E-state index contributed by atoms with van der Waals surface area (Å²) in [6.45, 7) is 11.5. The molecule has 3 heteroatoms. The molecule has 0 spiro atoms. The van der Waals surface area contributed by atoms with Crippen molar-refractivity contribution < 1.29 is 4.74 Å². The molecular weight excluding hydrogens is 314 g/mol. The van der Waals surface area contributed by atoms with Gasteiger partial charge < -0.3 is 10.1 Å². The summed E-state index contributed by atoms with van der Waals surface area (Å²) in [5.41, 5.74) is 2.45. The van der Waals surface area contributed by atoms with Gasteiger partial charge in [0.2, 0.25) is 0 Å². The molecule has 0 aliphatic rings. The number of nitrogens with one attached hydrogen (secondary N) is 1. The predicted molar refractivity (Wildman–Crippen MR) is 90.4 cm³/mol. The normalized spacial score (nSPS) is 12.4. The monoisotopic (exact) mass is 341 g/mol. The van der Waals surface area contributed by atoms with E-state index in [2.05, 4.69) is 61.1 Å². The molecule has 1 aromatic carbocycles. The fourth-order valence-corrected chi connectivity index (χ4v) is 2.96. The van der Waals surface area contributed by atoms with Crippen LogP contribution in [0.15, 0.2) is 16.6 Å². The summed E-state index contributed by atoms with van der Waals surface area (Å²) in [6, 6.07) is 4.29. The molecule has 0 aliphatic carbocycles. The van der Waals surface area contributed by atoms with Gasteiger partial charge in [0.1, 0.15) is 5.75 Å². The highest BCUT2D eigenvalue weighted by Gasteiger charge is 2.10. The predicted octanol–water partition coefficient (Wildman–Crippen LogP) is 5.07. The maximum atomic E-state index is 6.11. The molecule has 1 atom stereocenters. The van der Waals surface area contributed by atoms with Gasteiger partial charge in [-0.3, -0.25) is 0 Å². The van der Waals surface area contributed by atoms with E-state index in [9.17, 15) is 0 Å². The zero-order valence-corrected chi connectivity index (χ0v) is 14.8. The van der Waals surface area contributed by atoms with Gasteiger partial charge >= 0.3 is 0 Å². The molecule has 0 fully saturated rings. The van der Waals surface area contributed by atoms with Gasteiger partial charge in [-0.05, 0) is 49.9 Å². The number of halogens is 1. The summed E-state index contributed by atoms with van der Waals surface area (Å²) in [5, 5.41) is 3.46. The van der Waals surface area contributed by atoms with Crippen LogP contribution in [0.25, 0.3) is 0 Å². The van der Waals surface area contributed by atoms with Crippen molar-refractivity contribution in [2.45, 2.75) is 53.5 Å². The summed E-state index contributed by atoms with van der Waals surface area (Å²) in [5.74, 6) is 1.67. The largest absolute Gasteiger partial charge is 0.493 e. The minimum atomic E-state index is 0.611. The molecule has 0 saturated carbocycles. The third-order valence-electron chi connectivity index (χ3n) is 3.35. The maximum absolute atomic E-state index is 6.11. The van der Waals surface area contributed by atoms with Crippen molar-refractivity contribution in [1.82, 2.24) is 5.32 Å². The lowest BCUT2D eigenvalue weighted by Gasteiger charge is -2.18. The van der Waals surface area contributed by atoms with Gasteiger partial charge in [0.25, 0.3) is 0 Å². The van der Waals surface area contributed by atoms with Crippen LogP contribution in [0.5, 0.6) is 5.75 Å². The minimum Gasteiger partial charge on any atom is -0.493 e. The summed E-state index contributed by atoms with van der Waals surface area (Å²) in [7, 11) is 0. The van der Waals surface area contributed by atoms with Gasteiger partial charge in [-0.15, -0.1) is 0 Å². The second-order valence-corrected chi connectivity index (χ2v) is 6.51. The Morgan fingerprint density at radius 2 is 2.00 bits per heavy atom. The Balaban J connectivity index is 2.75. The van der Waals surface area contributed by atoms with E-state index in [1.165, 1.54) is 24.0 Å². The van der Waals surface area contributed by atoms with E-state index in [1.807, 2.05) is 0 Å². The highest BCUT2D eigenvalue weighted by molar-refractivity contribution is 9.10. The summed E-state index contributed by atoms with van der Waals surface area (Å²) in [4.78, 5) is 0. The molecular formula is C17H28BrNO. The van der Waals surface area contributed by atoms with Crippen LogP contribution in [0, 0.1) is 12.8 Å². The Hall–Kier alpha value is -0.540. The lowest BCUT2D eigenvalue weighted by molar-refractivity contribution is 0.247. The average molecular weight is 342 g/mol. The first-order valence-electron chi connectivity index (χ1n) is 7.71. The fourth-order valence-electron chi connectivity index (χ4n) is 2.34. The van der Waals surface area contributed by atoms with E-state index in [-0.39, 0.29) is 0 Å². The van der Waals surface area contributed by atoms with E-state index >= 15 is 0 Å². The van der Waals surface area contributed by atoms with Crippen LogP contribution in [0.1, 0.15) is 51.2 Å². The van der Waals surface area contributed by atoms with Crippen LogP contribution < -0.4 is 10.1 Å². The summed E-state index contributed by atoms with van der Waals surface area (Å²) in [6.07, 6.45) is 3.59. The molecule has 1 N–H and O–H groups in total. The number of rotatable bonds is 9. The smallest absolute Gasteiger partial charge is 0.126 e. The third-order valence-corrected chi connectivity index (χ3v) is 3.81. The lowest BCUT2D eigenvalue weighted by Crippen LogP contribution is -2.16. The molecule has 0 amide bonds. The molecule has 20 heavy (non-hydrogen) atoms. The van der Waals surface area contributed by atoms with E-state index in [0.29, 0.717) is 5.92 Å². The van der Waals surface area contributed by atoms with Gasteiger partial charge in [0.15, 0.2) is 0 Å². The van der Waals surface area contributed by atoms with Gasteiger partial charge in [-0.1, -0.05) is 43.1 Å². The third kappa shape index (κ3) is 5.84. The summed E-state index contributed by atoms with van der Waals surface area (Å²) >= 11 is 3.58. The van der Waals surface area contributed by atoms with Crippen molar-refractivity contribution in [3.05, 3.63) is 27.7 Å². The highest BCUT2D eigenvalue weighted by atomic mass is 79.9. The van der Waals surface area contributed by atoms with Crippen molar-refractivity contribution in [3.8, 4) is 5.75 Å². The quantitative estimate of drug-likeness (QED) is 0.633. The van der Waals surface area contributed by atoms with E-state index < -0.39 is 0 Å². The Labute approximate surface area is 132 Å². The summed E-state index contributed by atoms with van der Waals surface area (Å²) < 4.78 is 7.23. The van der Waals surface area contributed by atoms with Crippen molar-refractivity contribution in [2.75, 3.05) is 13.2 Å². The standard InChI is InChI=1S/C17H28BrNO/c1-5-7-13(3)12-20-17-14(4)9-16(18)10-15(17)11-19-8-6-2/h9-10,13,19H,5-8,11-12H2,1-4H3. The molecule has 1 unspecified atom stereocenters. The lowest BCUT2D eigenvalue weighted by atomic mass is 10.1. The Morgan fingerprint density at radius 1 is 1.25 bits per heavy atom. The molecule has 0 saturated heterocycles. The second-order valence-electron chi connectivity index (χ2n) is 5.59. The molecule has 2 nitrogen and oxygen atoms in total. The van der Waals surface area contributed by atoms with Gasteiger partial charge in [0.05, 0.1) is 6.61 Å². The Bertz CT molecular complexity index is 406. The van der Waals surface area contributed by atoms with Crippen LogP contribution in [0.2, 0.25) is 0 Å². The number of ether oxygens (including phenoxy) is 1. The second kappa shape index (κ2) is 9.41. The fraction of sp³-hybridized carbons (Fsp3) is 0.647. The maximum Gasteiger partial charge on any atom is 0.126 e. The van der Waals surface area contributed by atoms with Gasteiger partial charge in [-0.2, -0.15) is 0 Å². The number of hydrogen-bond donors (Lipinski definition) is 1. The molecule has 0 aromatic heterocycles. The average Bonchev–Trinajstić information content (AvgIpc) is 2.38. The van der Waals surface area contributed by atoms with Crippen molar-refractivity contribution in [2.24, 2.45) is 5.92 Å². The van der Waals surface area contributed by atoms with Crippen molar-refractivity contribution >= 4 is 15.9 Å². The first-order chi connectivity index (χ1) is 9.58. The number of hydrogen-bond acceptors (Lipinski definition) is 2. The zero-order chi connectivity index (χ0) is 15.0.